The van der Waals surface area contributed by atoms with Crippen LogP contribution >= 0.6 is 15.9 Å². The standard InChI is InChI=1S/C13H9BrN2O3/c1-2-19-13(18)9(6-15)11-8-5-7(14)3-4-10(8)16-12(11)17/h3-5H,2H2,1H3,(H,16,17)/b11-9-. The minimum Gasteiger partial charge on any atom is -0.462 e. The van der Waals surface area contributed by atoms with E-state index in [1.165, 1.54) is 0 Å². The molecule has 1 N–H and O–H groups in total. The molecule has 0 atom stereocenters. The summed E-state index contributed by atoms with van der Waals surface area (Å²) in [5.74, 6) is -1.26. The van der Waals surface area contributed by atoms with Crippen LogP contribution in [0.3, 0.4) is 0 Å². The Morgan fingerprint density at radius 3 is 2.89 bits per heavy atom. The molecule has 96 valence electrons. The third kappa shape index (κ3) is 2.37. The van der Waals surface area contributed by atoms with Gasteiger partial charge in [-0.3, -0.25) is 4.79 Å². The first-order chi connectivity index (χ1) is 9.08. The first-order valence-electron chi connectivity index (χ1n) is 5.51. The van der Waals surface area contributed by atoms with Crippen molar-refractivity contribution in [1.82, 2.24) is 0 Å². The van der Waals surface area contributed by atoms with Crippen molar-refractivity contribution in [3.63, 3.8) is 0 Å². The Labute approximate surface area is 118 Å². The third-order valence-corrected chi connectivity index (χ3v) is 3.06. The number of carbonyl (C=O) groups excluding carboxylic acids is 2. The lowest BCUT2D eigenvalue weighted by Crippen LogP contribution is -2.13. The molecule has 1 heterocycles. The van der Waals surface area contributed by atoms with E-state index in [4.69, 9.17) is 10.00 Å². The first-order valence-corrected chi connectivity index (χ1v) is 6.30. The minimum absolute atomic E-state index is 0.0530. The van der Waals surface area contributed by atoms with E-state index >= 15 is 0 Å². The van der Waals surface area contributed by atoms with Crippen LogP contribution in [0.4, 0.5) is 5.69 Å². The number of nitriles is 1. The Kier molecular flexibility index (Phi) is 3.67. The lowest BCUT2D eigenvalue weighted by atomic mass is 10.0. The average Bonchev–Trinajstić information content (AvgIpc) is 2.68. The zero-order valence-corrected chi connectivity index (χ0v) is 11.6. The topological polar surface area (TPSA) is 79.2 Å². The Balaban J connectivity index is 2.62. The van der Waals surface area contributed by atoms with Crippen LogP contribution in [0.25, 0.3) is 5.57 Å². The highest BCUT2D eigenvalue weighted by molar-refractivity contribution is 9.10. The normalized spacial score (nSPS) is 15.3. The molecule has 0 fully saturated rings. The maximum Gasteiger partial charge on any atom is 0.349 e. The van der Waals surface area contributed by atoms with E-state index in [-0.39, 0.29) is 17.8 Å². The van der Waals surface area contributed by atoms with Crippen LogP contribution in [0.15, 0.2) is 28.2 Å². The summed E-state index contributed by atoms with van der Waals surface area (Å²) in [6, 6.07) is 6.89. The number of ether oxygens (including phenoxy) is 1. The highest BCUT2D eigenvalue weighted by Crippen LogP contribution is 2.35. The number of hydrogen-bond donors (Lipinski definition) is 1. The van der Waals surface area contributed by atoms with Crippen molar-refractivity contribution in [3.8, 4) is 6.07 Å². The van der Waals surface area contributed by atoms with E-state index in [1.807, 2.05) is 0 Å². The fourth-order valence-corrected chi connectivity index (χ4v) is 2.16. The molecular weight excluding hydrogens is 312 g/mol. The molecule has 5 nitrogen and oxygen atoms in total. The summed E-state index contributed by atoms with van der Waals surface area (Å²) >= 11 is 3.29. The molecule has 2 rings (SSSR count). The molecule has 0 aromatic heterocycles. The van der Waals surface area contributed by atoms with Gasteiger partial charge >= 0.3 is 5.97 Å². The van der Waals surface area contributed by atoms with Gasteiger partial charge in [0.05, 0.1) is 12.2 Å². The van der Waals surface area contributed by atoms with E-state index in [0.717, 1.165) is 4.47 Å². The minimum atomic E-state index is -0.789. The van der Waals surface area contributed by atoms with E-state index in [1.54, 1.807) is 31.2 Å². The summed E-state index contributed by atoms with van der Waals surface area (Å²) in [5.41, 5.74) is 0.859. The molecule has 0 radical (unpaired) electrons. The molecule has 1 aromatic rings. The maximum absolute atomic E-state index is 11.9. The summed E-state index contributed by atoms with van der Waals surface area (Å²) in [5, 5.41) is 11.7. The Hall–Kier alpha value is -2.13. The number of nitrogens with zero attached hydrogens (tertiary/aromatic N) is 1. The number of halogens is 1. The van der Waals surface area contributed by atoms with Crippen molar-refractivity contribution in [1.29, 1.82) is 5.26 Å². The molecule has 0 saturated carbocycles. The lowest BCUT2D eigenvalue weighted by molar-refractivity contribution is -0.138. The van der Waals surface area contributed by atoms with E-state index in [2.05, 4.69) is 21.2 Å². The van der Waals surface area contributed by atoms with Crippen molar-refractivity contribution in [2.45, 2.75) is 6.92 Å². The Morgan fingerprint density at radius 1 is 1.53 bits per heavy atom. The van der Waals surface area contributed by atoms with Gasteiger partial charge in [-0.2, -0.15) is 5.26 Å². The number of rotatable bonds is 2. The van der Waals surface area contributed by atoms with E-state index < -0.39 is 11.9 Å². The molecule has 1 aromatic carbocycles. The number of esters is 1. The van der Waals surface area contributed by atoms with Crippen LogP contribution in [-0.4, -0.2) is 18.5 Å². The van der Waals surface area contributed by atoms with Gasteiger partial charge in [0.2, 0.25) is 0 Å². The van der Waals surface area contributed by atoms with Gasteiger partial charge in [0.15, 0.2) is 5.57 Å². The summed E-state index contributed by atoms with van der Waals surface area (Å²) < 4.78 is 5.54. The number of amides is 1. The predicted octanol–water partition coefficient (Wildman–Crippen LogP) is 2.24. The summed E-state index contributed by atoms with van der Waals surface area (Å²) in [6.45, 7) is 1.78. The highest BCUT2D eigenvalue weighted by Gasteiger charge is 2.31. The molecule has 0 saturated heterocycles. The molecule has 0 aliphatic carbocycles. The fraction of sp³-hybridized carbons (Fsp3) is 0.154. The van der Waals surface area contributed by atoms with E-state index in [9.17, 15) is 9.59 Å². The monoisotopic (exact) mass is 320 g/mol. The van der Waals surface area contributed by atoms with Crippen LogP contribution in [0.1, 0.15) is 12.5 Å². The zero-order chi connectivity index (χ0) is 14.0. The Morgan fingerprint density at radius 2 is 2.26 bits per heavy atom. The number of benzene rings is 1. The van der Waals surface area contributed by atoms with Gasteiger partial charge in [0.1, 0.15) is 6.07 Å². The van der Waals surface area contributed by atoms with Gasteiger partial charge in [-0.05, 0) is 25.1 Å². The smallest absolute Gasteiger partial charge is 0.349 e. The van der Waals surface area contributed by atoms with Gasteiger partial charge in [-0.25, -0.2) is 4.79 Å². The van der Waals surface area contributed by atoms with Gasteiger partial charge in [-0.15, -0.1) is 0 Å². The molecular formula is C13H9BrN2O3. The summed E-state index contributed by atoms with van der Waals surface area (Å²) in [7, 11) is 0. The van der Waals surface area contributed by atoms with E-state index in [0.29, 0.717) is 11.3 Å². The van der Waals surface area contributed by atoms with Crippen LogP contribution < -0.4 is 5.32 Å². The van der Waals surface area contributed by atoms with Crippen LogP contribution in [0, 0.1) is 11.3 Å². The number of carbonyl (C=O) groups is 2. The quantitative estimate of drug-likeness (QED) is 0.515. The fourth-order valence-electron chi connectivity index (χ4n) is 1.79. The van der Waals surface area contributed by atoms with Crippen LogP contribution in [0.2, 0.25) is 0 Å². The highest BCUT2D eigenvalue weighted by atomic mass is 79.9. The second kappa shape index (κ2) is 5.24. The van der Waals surface area contributed by atoms with Crippen LogP contribution in [-0.2, 0) is 14.3 Å². The largest absolute Gasteiger partial charge is 0.462 e. The van der Waals surface area contributed by atoms with Gasteiger partial charge in [0.25, 0.3) is 5.91 Å². The molecule has 0 spiro atoms. The SMILES string of the molecule is CCOC(=O)/C(C#N)=C1\C(=O)Nc2ccc(Br)cc21. The molecule has 19 heavy (non-hydrogen) atoms. The van der Waals surface area contributed by atoms with Crippen molar-refractivity contribution >= 4 is 39.1 Å². The molecule has 6 heteroatoms. The number of hydrogen-bond acceptors (Lipinski definition) is 4. The van der Waals surface area contributed by atoms with Crippen LogP contribution in [0.5, 0.6) is 0 Å². The molecule has 0 bridgehead atoms. The second-order valence-corrected chi connectivity index (χ2v) is 4.64. The van der Waals surface area contributed by atoms with Crippen molar-refractivity contribution in [3.05, 3.63) is 33.8 Å². The molecule has 1 amide bonds. The number of anilines is 1. The second-order valence-electron chi connectivity index (χ2n) is 3.73. The third-order valence-electron chi connectivity index (χ3n) is 2.57. The average molecular weight is 321 g/mol. The van der Waals surface area contributed by atoms with Crippen molar-refractivity contribution in [2.75, 3.05) is 11.9 Å². The van der Waals surface area contributed by atoms with Gasteiger partial charge in [-0.1, -0.05) is 15.9 Å². The zero-order valence-electron chi connectivity index (χ0n) is 9.99. The summed E-state index contributed by atoms with van der Waals surface area (Å²) in [6.07, 6.45) is 0. The maximum atomic E-state index is 11.9. The first kappa shape index (κ1) is 13.3. The van der Waals surface area contributed by atoms with Gasteiger partial charge in [0, 0.05) is 15.7 Å². The van der Waals surface area contributed by atoms with Crippen molar-refractivity contribution in [2.24, 2.45) is 0 Å². The number of fused-ring (bicyclic) bond motifs is 1. The molecule has 1 aliphatic heterocycles. The predicted molar refractivity (Wildman–Crippen MR) is 71.9 cm³/mol. The molecule has 1 aliphatic rings. The lowest BCUT2D eigenvalue weighted by Gasteiger charge is -2.03. The molecule has 0 unspecified atom stereocenters. The van der Waals surface area contributed by atoms with Gasteiger partial charge < -0.3 is 10.1 Å². The van der Waals surface area contributed by atoms with Crippen molar-refractivity contribution < 1.29 is 14.3 Å². The Bertz CT molecular complexity index is 644. The number of nitrogens with one attached hydrogen (secondary N) is 1. The summed E-state index contributed by atoms with van der Waals surface area (Å²) in [4.78, 5) is 23.6.